The molecule has 0 aliphatic carbocycles. The fraction of sp³-hybridized carbons (Fsp3) is 0.222. The zero-order chi connectivity index (χ0) is 18.7. The number of rotatable bonds is 5. The quantitative estimate of drug-likeness (QED) is 0.741. The van der Waals surface area contributed by atoms with Gasteiger partial charge in [0.2, 0.25) is 5.95 Å². The number of halogens is 1. The molecule has 0 saturated heterocycles. The van der Waals surface area contributed by atoms with Crippen LogP contribution in [0.15, 0.2) is 41.1 Å². The lowest BCUT2D eigenvalue weighted by molar-refractivity contribution is 0.0949. The minimum Gasteiger partial charge on any atom is -0.360 e. The summed E-state index contributed by atoms with van der Waals surface area (Å²) in [5.74, 6) is 0.701. The molecule has 1 amide bonds. The number of hydrogen-bond donors (Lipinski definition) is 1. The standard InChI is InChI=1S/C18H18ClN5O2/c1-11-15(16(23-26-11)13-6-4-5-7-14(13)19)17(25)21-10-12-8-9-20-18(22-12)24(2)3/h4-9H,10H2,1-3H3,(H,21,25). The van der Waals surface area contributed by atoms with Gasteiger partial charge in [0.25, 0.3) is 5.91 Å². The number of amides is 1. The van der Waals surface area contributed by atoms with Crippen LogP contribution in [0.25, 0.3) is 11.3 Å². The van der Waals surface area contributed by atoms with E-state index < -0.39 is 0 Å². The summed E-state index contributed by atoms with van der Waals surface area (Å²) in [6.45, 7) is 1.95. The molecule has 3 rings (SSSR count). The highest BCUT2D eigenvalue weighted by molar-refractivity contribution is 6.33. The molecule has 0 fully saturated rings. The Bertz CT molecular complexity index is 939. The largest absolute Gasteiger partial charge is 0.360 e. The van der Waals surface area contributed by atoms with Gasteiger partial charge in [0, 0.05) is 25.9 Å². The van der Waals surface area contributed by atoms with Crippen LogP contribution in [-0.2, 0) is 6.54 Å². The van der Waals surface area contributed by atoms with Crippen molar-refractivity contribution >= 4 is 23.5 Å². The minimum atomic E-state index is -0.302. The molecule has 8 heteroatoms. The molecule has 3 aromatic rings. The molecular formula is C18H18ClN5O2. The van der Waals surface area contributed by atoms with E-state index in [9.17, 15) is 4.79 Å². The average molecular weight is 372 g/mol. The van der Waals surface area contributed by atoms with E-state index >= 15 is 0 Å². The summed E-state index contributed by atoms with van der Waals surface area (Å²) in [6.07, 6.45) is 1.66. The molecule has 0 radical (unpaired) electrons. The predicted octanol–water partition coefficient (Wildman–Crippen LogP) is 3.09. The summed E-state index contributed by atoms with van der Waals surface area (Å²) in [4.78, 5) is 23.1. The first-order valence-electron chi connectivity index (χ1n) is 7.96. The van der Waals surface area contributed by atoms with Crippen molar-refractivity contribution in [2.75, 3.05) is 19.0 Å². The van der Waals surface area contributed by atoms with E-state index in [4.69, 9.17) is 16.1 Å². The van der Waals surface area contributed by atoms with E-state index in [1.54, 1.807) is 36.2 Å². The summed E-state index contributed by atoms with van der Waals surface area (Å²) < 4.78 is 5.23. The highest BCUT2D eigenvalue weighted by atomic mass is 35.5. The van der Waals surface area contributed by atoms with Gasteiger partial charge in [0.1, 0.15) is 17.0 Å². The van der Waals surface area contributed by atoms with Gasteiger partial charge in [0.15, 0.2) is 0 Å². The van der Waals surface area contributed by atoms with Crippen LogP contribution in [0.4, 0.5) is 5.95 Å². The van der Waals surface area contributed by atoms with Gasteiger partial charge in [-0.25, -0.2) is 9.97 Å². The van der Waals surface area contributed by atoms with Crippen molar-refractivity contribution in [3.8, 4) is 11.3 Å². The number of aromatic nitrogens is 3. The van der Waals surface area contributed by atoms with E-state index in [1.807, 2.05) is 26.2 Å². The predicted molar refractivity (Wildman–Crippen MR) is 99.2 cm³/mol. The molecule has 2 heterocycles. The molecule has 7 nitrogen and oxygen atoms in total. The van der Waals surface area contributed by atoms with Gasteiger partial charge in [-0.3, -0.25) is 4.79 Å². The topological polar surface area (TPSA) is 84.2 Å². The third-order valence-corrected chi connectivity index (χ3v) is 4.08. The van der Waals surface area contributed by atoms with Crippen molar-refractivity contribution in [3.63, 3.8) is 0 Å². The molecule has 0 spiro atoms. The summed E-state index contributed by atoms with van der Waals surface area (Å²) in [5.41, 5.74) is 2.13. The lowest BCUT2D eigenvalue weighted by atomic mass is 10.1. The SMILES string of the molecule is Cc1onc(-c2ccccc2Cl)c1C(=O)NCc1ccnc(N(C)C)n1. The zero-order valence-electron chi connectivity index (χ0n) is 14.7. The number of hydrogen-bond acceptors (Lipinski definition) is 6. The van der Waals surface area contributed by atoms with Gasteiger partial charge in [-0.15, -0.1) is 0 Å². The number of nitrogens with one attached hydrogen (secondary N) is 1. The molecule has 0 unspecified atom stereocenters. The molecule has 0 aliphatic heterocycles. The molecule has 134 valence electrons. The van der Waals surface area contributed by atoms with Crippen LogP contribution in [0.5, 0.6) is 0 Å². The Kier molecular flexibility index (Phi) is 5.18. The van der Waals surface area contributed by atoms with Crippen molar-refractivity contribution in [1.29, 1.82) is 0 Å². The zero-order valence-corrected chi connectivity index (χ0v) is 15.4. The summed E-state index contributed by atoms with van der Waals surface area (Å²) in [6, 6.07) is 8.94. The van der Waals surface area contributed by atoms with E-state index in [0.717, 1.165) is 0 Å². The second-order valence-corrected chi connectivity index (χ2v) is 6.27. The maximum Gasteiger partial charge on any atom is 0.257 e. The highest BCUT2D eigenvalue weighted by Crippen LogP contribution is 2.30. The number of anilines is 1. The Morgan fingerprint density at radius 2 is 2.04 bits per heavy atom. The number of carbonyl (C=O) groups excluding carboxylic acids is 1. The monoisotopic (exact) mass is 371 g/mol. The van der Waals surface area contributed by atoms with Crippen molar-refractivity contribution in [3.05, 3.63) is 58.6 Å². The number of nitrogens with zero attached hydrogens (tertiary/aromatic N) is 4. The second-order valence-electron chi connectivity index (χ2n) is 5.87. The fourth-order valence-electron chi connectivity index (χ4n) is 2.43. The van der Waals surface area contributed by atoms with E-state index in [-0.39, 0.29) is 12.5 Å². The number of aryl methyl sites for hydroxylation is 1. The number of carbonyl (C=O) groups is 1. The Labute approximate surface area is 156 Å². The average Bonchev–Trinajstić information content (AvgIpc) is 3.01. The van der Waals surface area contributed by atoms with Crippen LogP contribution in [0.3, 0.4) is 0 Å². The first kappa shape index (κ1) is 17.9. The van der Waals surface area contributed by atoms with Gasteiger partial charge >= 0.3 is 0 Å². The first-order valence-corrected chi connectivity index (χ1v) is 8.33. The molecule has 2 aromatic heterocycles. The van der Waals surface area contributed by atoms with Crippen molar-refractivity contribution < 1.29 is 9.32 Å². The van der Waals surface area contributed by atoms with Crippen LogP contribution in [0.1, 0.15) is 21.8 Å². The minimum absolute atomic E-state index is 0.259. The molecule has 1 aromatic carbocycles. The summed E-state index contributed by atoms with van der Waals surface area (Å²) >= 11 is 6.23. The van der Waals surface area contributed by atoms with Gasteiger partial charge in [-0.1, -0.05) is 35.0 Å². The smallest absolute Gasteiger partial charge is 0.257 e. The third-order valence-electron chi connectivity index (χ3n) is 3.75. The molecule has 0 atom stereocenters. The Morgan fingerprint density at radius 1 is 1.27 bits per heavy atom. The molecule has 26 heavy (non-hydrogen) atoms. The number of benzene rings is 1. The Morgan fingerprint density at radius 3 is 2.77 bits per heavy atom. The third kappa shape index (κ3) is 3.67. The second kappa shape index (κ2) is 7.53. The van der Waals surface area contributed by atoms with Crippen LogP contribution in [0.2, 0.25) is 5.02 Å². The molecular weight excluding hydrogens is 354 g/mol. The van der Waals surface area contributed by atoms with E-state index in [0.29, 0.717) is 39.2 Å². The van der Waals surface area contributed by atoms with Gasteiger partial charge < -0.3 is 14.7 Å². The van der Waals surface area contributed by atoms with Crippen molar-refractivity contribution in [2.45, 2.75) is 13.5 Å². The lowest BCUT2D eigenvalue weighted by Crippen LogP contribution is -2.24. The Balaban J connectivity index is 1.82. The van der Waals surface area contributed by atoms with E-state index in [1.165, 1.54) is 0 Å². The molecule has 1 N–H and O–H groups in total. The van der Waals surface area contributed by atoms with Gasteiger partial charge in [-0.05, 0) is 19.1 Å². The van der Waals surface area contributed by atoms with Gasteiger partial charge in [-0.2, -0.15) is 0 Å². The maximum absolute atomic E-state index is 12.7. The van der Waals surface area contributed by atoms with Crippen LogP contribution in [-0.4, -0.2) is 35.1 Å². The normalized spacial score (nSPS) is 10.6. The highest BCUT2D eigenvalue weighted by Gasteiger charge is 2.22. The molecule has 0 saturated carbocycles. The van der Waals surface area contributed by atoms with Crippen LogP contribution >= 0.6 is 11.6 Å². The fourth-order valence-corrected chi connectivity index (χ4v) is 2.66. The molecule has 0 aliphatic rings. The van der Waals surface area contributed by atoms with Crippen molar-refractivity contribution in [1.82, 2.24) is 20.4 Å². The van der Waals surface area contributed by atoms with Crippen LogP contribution < -0.4 is 10.2 Å². The maximum atomic E-state index is 12.7. The Hall–Kier alpha value is -2.93. The van der Waals surface area contributed by atoms with E-state index in [2.05, 4.69) is 20.4 Å². The summed E-state index contributed by atoms with van der Waals surface area (Å²) in [5, 5.41) is 7.36. The summed E-state index contributed by atoms with van der Waals surface area (Å²) in [7, 11) is 3.71. The first-order chi connectivity index (χ1) is 12.5. The van der Waals surface area contributed by atoms with Crippen molar-refractivity contribution in [2.24, 2.45) is 0 Å². The lowest BCUT2D eigenvalue weighted by Gasteiger charge is -2.11. The molecule has 0 bridgehead atoms. The van der Waals surface area contributed by atoms with Crippen LogP contribution in [0, 0.1) is 6.92 Å². The van der Waals surface area contributed by atoms with Gasteiger partial charge in [0.05, 0.1) is 17.3 Å².